The molecule has 0 spiro atoms. The molecule has 9 nitrogen and oxygen atoms in total. The van der Waals surface area contributed by atoms with Gasteiger partial charge in [0.25, 0.3) is 0 Å². The van der Waals surface area contributed by atoms with Crippen molar-refractivity contribution in [3.8, 4) is 5.75 Å². The molecule has 0 amide bonds. The van der Waals surface area contributed by atoms with Crippen molar-refractivity contribution in [1.82, 2.24) is 19.9 Å². The second-order valence-electron chi connectivity index (χ2n) is 10.0. The van der Waals surface area contributed by atoms with Gasteiger partial charge in [0, 0.05) is 43.3 Å². The second-order valence-corrected chi connectivity index (χ2v) is 10.4. The number of nitrogens with one attached hydrogen (secondary N) is 1. The zero-order valence-electron chi connectivity index (χ0n) is 22.4. The zero-order chi connectivity index (χ0) is 28.0. The van der Waals surface area contributed by atoms with Crippen molar-refractivity contribution >= 4 is 39.8 Å². The number of pyridine rings is 1. The number of ether oxygens (including phenoxy) is 3. The van der Waals surface area contributed by atoms with Gasteiger partial charge in [0.15, 0.2) is 5.78 Å². The number of nitrogens with zero attached hydrogens (tertiary/aromatic N) is 4. The molecule has 0 radical (unpaired) electrons. The monoisotopic (exact) mass is 571 g/mol. The number of hydrogen-bond donors (Lipinski definition) is 1. The molecule has 0 saturated carbocycles. The minimum Gasteiger partial charge on any atom is -0.486 e. The van der Waals surface area contributed by atoms with Gasteiger partial charge in [-0.1, -0.05) is 29.8 Å². The molecule has 1 N–H and O–H groups in total. The summed E-state index contributed by atoms with van der Waals surface area (Å²) >= 11 is 6.50. The summed E-state index contributed by atoms with van der Waals surface area (Å²) in [6.45, 7) is 3.98. The van der Waals surface area contributed by atoms with E-state index in [1.165, 1.54) is 6.33 Å². The topological polar surface area (TPSA) is 98.7 Å². The van der Waals surface area contributed by atoms with Crippen LogP contribution in [0.3, 0.4) is 0 Å². The molecular weight excluding hydrogens is 542 g/mol. The molecular formula is C31H30ClN5O4. The van der Waals surface area contributed by atoms with Gasteiger partial charge in [-0.15, -0.1) is 0 Å². The second kappa shape index (κ2) is 12.7. The smallest absolute Gasteiger partial charge is 0.159 e. The summed E-state index contributed by atoms with van der Waals surface area (Å²) in [4.78, 5) is 28.1. The quantitative estimate of drug-likeness (QED) is 0.270. The first kappa shape index (κ1) is 27.3. The lowest BCUT2D eigenvalue weighted by atomic mass is 10.1. The number of fused-ring (bicyclic) bond motifs is 2. The maximum Gasteiger partial charge on any atom is 0.159 e. The summed E-state index contributed by atoms with van der Waals surface area (Å²) in [6.07, 6.45) is 7.37. The fourth-order valence-corrected chi connectivity index (χ4v) is 5.30. The summed E-state index contributed by atoms with van der Waals surface area (Å²) in [5.74, 6) is 1.22. The van der Waals surface area contributed by atoms with Crippen molar-refractivity contribution in [3.05, 3.63) is 95.6 Å². The van der Waals surface area contributed by atoms with Crippen LogP contribution in [0.1, 0.15) is 11.3 Å². The Balaban J connectivity index is 1.08. The van der Waals surface area contributed by atoms with E-state index < -0.39 is 0 Å². The normalized spacial score (nSPS) is 19.0. The number of aromatic nitrogens is 3. The highest BCUT2D eigenvalue weighted by molar-refractivity contribution is 6.32. The molecule has 2 aromatic heterocycles. The molecule has 4 aromatic rings. The van der Waals surface area contributed by atoms with Gasteiger partial charge in [-0.3, -0.25) is 14.7 Å². The average Bonchev–Trinajstić information content (AvgIpc) is 3.40. The largest absolute Gasteiger partial charge is 0.486 e. The van der Waals surface area contributed by atoms with Crippen LogP contribution in [0.4, 0.5) is 11.5 Å². The molecule has 41 heavy (non-hydrogen) atoms. The number of hydrogen-bond acceptors (Lipinski definition) is 9. The number of likely N-dealkylation sites (tertiary alicyclic amines) is 1. The van der Waals surface area contributed by atoms with Gasteiger partial charge in [0.1, 0.15) is 24.5 Å². The van der Waals surface area contributed by atoms with Crippen molar-refractivity contribution in [2.24, 2.45) is 0 Å². The number of allylic oxidation sites excluding steroid dienone is 1. The Labute approximate surface area is 243 Å². The Hall–Kier alpha value is -3.89. The molecule has 210 valence electrons. The van der Waals surface area contributed by atoms with E-state index in [0.29, 0.717) is 43.0 Å². The van der Waals surface area contributed by atoms with E-state index in [0.717, 1.165) is 40.9 Å². The Morgan fingerprint density at radius 1 is 1.05 bits per heavy atom. The van der Waals surface area contributed by atoms with Crippen LogP contribution in [0.25, 0.3) is 10.9 Å². The molecule has 2 aliphatic rings. The molecule has 10 heteroatoms. The van der Waals surface area contributed by atoms with Crippen molar-refractivity contribution in [3.63, 3.8) is 0 Å². The van der Waals surface area contributed by atoms with Gasteiger partial charge in [-0.25, -0.2) is 9.97 Å². The van der Waals surface area contributed by atoms with Gasteiger partial charge >= 0.3 is 0 Å². The zero-order valence-corrected chi connectivity index (χ0v) is 23.2. The van der Waals surface area contributed by atoms with Crippen molar-refractivity contribution < 1.29 is 19.0 Å². The number of benzene rings is 2. The first-order valence-corrected chi connectivity index (χ1v) is 14.0. The van der Waals surface area contributed by atoms with E-state index >= 15 is 0 Å². The lowest BCUT2D eigenvalue weighted by molar-refractivity contribution is -0.116. The molecule has 2 aliphatic heterocycles. The van der Waals surface area contributed by atoms with Gasteiger partial charge in [0.05, 0.1) is 41.7 Å². The summed E-state index contributed by atoms with van der Waals surface area (Å²) in [6, 6.07) is 16.9. The maximum absolute atomic E-state index is 12.7. The van der Waals surface area contributed by atoms with Crippen LogP contribution in [0.2, 0.25) is 5.02 Å². The molecule has 0 bridgehead atoms. The fraction of sp³-hybridized carbons (Fsp3) is 0.290. The van der Waals surface area contributed by atoms with Gasteiger partial charge in [-0.2, -0.15) is 0 Å². The van der Waals surface area contributed by atoms with Crippen LogP contribution in [-0.2, 0) is 27.3 Å². The Bertz CT molecular complexity index is 1540. The van der Waals surface area contributed by atoms with Crippen LogP contribution < -0.4 is 10.1 Å². The number of rotatable bonds is 10. The lowest BCUT2D eigenvalue weighted by Crippen LogP contribution is -2.36. The maximum atomic E-state index is 12.7. The predicted molar refractivity (Wildman–Crippen MR) is 157 cm³/mol. The van der Waals surface area contributed by atoms with Gasteiger partial charge in [0.2, 0.25) is 0 Å². The van der Waals surface area contributed by atoms with Crippen molar-refractivity contribution in [2.75, 3.05) is 38.2 Å². The van der Waals surface area contributed by atoms with Crippen molar-refractivity contribution in [2.45, 2.75) is 25.2 Å². The van der Waals surface area contributed by atoms with E-state index in [-0.39, 0.29) is 24.4 Å². The minimum atomic E-state index is 0.0351. The highest BCUT2D eigenvalue weighted by Gasteiger charge is 2.35. The van der Waals surface area contributed by atoms with Crippen molar-refractivity contribution in [1.29, 1.82) is 0 Å². The van der Waals surface area contributed by atoms with E-state index in [9.17, 15) is 4.79 Å². The number of carbonyl (C=O) groups excluding carboxylic acids is 1. The van der Waals surface area contributed by atoms with Gasteiger partial charge < -0.3 is 19.5 Å². The van der Waals surface area contributed by atoms with Gasteiger partial charge in [-0.05, 0) is 54.1 Å². The average molecular weight is 572 g/mol. The minimum absolute atomic E-state index is 0.0351. The van der Waals surface area contributed by atoms with E-state index in [4.69, 9.17) is 25.8 Å². The fourth-order valence-electron chi connectivity index (χ4n) is 5.06. The Morgan fingerprint density at radius 2 is 1.90 bits per heavy atom. The van der Waals surface area contributed by atoms with E-state index in [2.05, 4.69) is 25.2 Å². The first-order chi connectivity index (χ1) is 20.1. The number of halogens is 1. The molecule has 0 unspecified atom stereocenters. The van der Waals surface area contributed by atoms with E-state index in [1.807, 2.05) is 54.6 Å². The Kier molecular flexibility index (Phi) is 8.48. The standard InChI is InChI=1S/C31H30ClN5O4/c32-26-16-22(7-9-28(26)41-19-23-4-1-2-10-33-23)36-31-25-15-21(6-8-27(25)34-20-35-31)14-24(38)5-3-11-37-17-29-30(18-37)40-13-12-39-29/h1-10,15-16,20,29-30H,11-14,17-19H2,(H,34,35,36)/b5-3+/t29-,30+. The summed E-state index contributed by atoms with van der Waals surface area (Å²) in [5, 5.41) is 4.61. The molecule has 4 heterocycles. The summed E-state index contributed by atoms with van der Waals surface area (Å²) in [5.41, 5.74) is 3.23. The van der Waals surface area contributed by atoms with Crippen LogP contribution in [-0.4, -0.2) is 70.7 Å². The summed E-state index contributed by atoms with van der Waals surface area (Å²) in [7, 11) is 0. The molecule has 6 rings (SSSR count). The number of anilines is 2. The number of ketones is 1. The molecule has 0 aliphatic carbocycles. The molecule has 2 aromatic carbocycles. The highest BCUT2D eigenvalue weighted by Crippen LogP contribution is 2.31. The molecule has 2 saturated heterocycles. The van der Waals surface area contributed by atoms with E-state index in [1.54, 1.807) is 18.3 Å². The molecule has 2 fully saturated rings. The summed E-state index contributed by atoms with van der Waals surface area (Å²) < 4.78 is 17.4. The van der Waals surface area contributed by atoms with Crippen LogP contribution in [0.15, 0.2) is 79.3 Å². The predicted octanol–water partition coefficient (Wildman–Crippen LogP) is 4.77. The Morgan fingerprint density at radius 3 is 2.68 bits per heavy atom. The van der Waals surface area contributed by atoms with Crippen LogP contribution in [0.5, 0.6) is 5.75 Å². The highest BCUT2D eigenvalue weighted by atomic mass is 35.5. The SMILES string of the molecule is O=C(/C=C/CN1C[C@@H]2OCCO[C@@H]2C1)Cc1ccc2ncnc(Nc3ccc(OCc4ccccn4)c(Cl)c3)c2c1. The first-order valence-electron chi connectivity index (χ1n) is 13.6. The lowest BCUT2D eigenvalue weighted by Gasteiger charge is -2.24. The molecule has 2 atom stereocenters. The third-order valence-corrected chi connectivity index (χ3v) is 7.38. The third kappa shape index (κ3) is 6.89. The van der Waals surface area contributed by atoms with Crippen LogP contribution in [0, 0.1) is 0 Å². The van der Waals surface area contributed by atoms with Crippen LogP contribution >= 0.6 is 11.6 Å². The third-order valence-electron chi connectivity index (χ3n) is 7.08. The number of carbonyl (C=O) groups is 1.